The van der Waals surface area contributed by atoms with Crippen LogP contribution in [0, 0.1) is 13.8 Å². The second kappa shape index (κ2) is 9.60. The van der Waals surface area contributed by atoms with Crippen LogP contribution in [0.3, 0.4) is 0 Å². The number of benzene rings is 1. The number of nitrogens with zero attached hydrogens (tertiary/aromatic N) is 2. The predicted octanol–water partition coefficient (Wildman–Crippen LogP) is 2.70. The molecule has 2 aromatic rings. The van der Waals surface area contributed by atoms with Crippen molar-refractivity contribution in [3.63, 3.8) is 0 Å². The standard InChI is InChI=1S/C20H23N3O5S/c1-12-15(13(2)22-20(21-12)29-3)5-7-19(25)28-11-18(24)23-14-4-6-16-17(10-14)27-9-8-26-16/h4,6,10H,5,7-9,11H2,1-3H3,(H,23,24). The Balaban J connectivity index is 1.46. The molecule has 3 rings (SSSR count). The minimum absolute atomic E-state index is 0.154. The number of amides is 1. The zero-order chi connectivity index (χ0) is 20.8. The van der Waals surface area contributed by atoms with Gasteiger partial charge in [-0.3, -0.25) is 9.59 Å². The quantitative estimate of drug-likeness (QED) is 0.417. The first-order valence-corrected chi connectivity index (χ1v) is 10.4. The van der Waals surface area contributed by atoms with E-state index >= 15 is 0 Å². The Bertz CT molecular complexity index is 896. The molecule has 0 atom stereocenters. The molecule has 1 amide bonds. The molecule has 2 heterocycles. The fourth-order valence-electron chi connectivity index (χ4n) is 2.93. The van der Waals surface area contributed by atoms with Crippen LogP contribution in [0.15, 0.2) is 23.4 Å². The van der Waals surface area contributed by atoms with E-state index in [0.29, 0.717) is 42.0 Å². The van der Waals surface area contributed by atoms with Crippen LogP contribution in [-0.4, -0.2) is 47.9 Å². The minimum atomic E-state index is -0.449. The molecule has 1 aromatic heterocycles. The van der Waals surface area contributed by atoms with Gasteiger partial charge in [-0.2, -0.15) is 0 Å². The molecule has 0 saturated carbocycles. The zero-order valence-corrected chi connectivity index (χ0v) is 17.4. The van der Waals surface area contributed by atoms with E-state index in [4.69, 9.17) is 14.2 Å². The topological polar surface area (TPSA) is 99.6 Å². The SMILES string of the molecule is CSc1nc(C)c(CCC(=O)OCC(=O)Nc2ccc3c(c2)OCCO3)c(C)n1. The monoisotopic (exact) mass is 417 g/mol. The predicted molar refractivity (Wildman–Crippen MR) is 109 cm³/mol. The third-order valence-corrected chi connectivity index (χ3v) is 4.90. The van der Waals surface area contributed by atoms with Gasteiger partial charge in [-0.25, -0.2) is 9.97 Å². The lowest BCUT2D eigenvalue weighted by Gasteiger charge is -2.19. The van der Waals surface area contributed by atoms with Gasteiger partial charge in [0, 0.05) is 29.6 Å². The third-order valence-electron chi connectivity index (χ3n) is 4.35. The van der Waals surface area contributed by atoms with Crippen molar-refractivity contribution in [3.05, 3.63) is 35.2 Å². The summed E-state index contributed by atoms with van der Waals surface area (Å²) >= 11 is 1.48. The molecule has 29 heavy (non-hydrogen) atoms. The molecule has 1 aromatic carbocycles. The van der Waals surface area contributed by atoms with Crippen LogP contribution in [-0.2, 0) is 20.7 Å². The molecular weight excluding hydrogens is 394 g/mol. The highest BCUT2D eigenvalue weighted by molar-refractivity contribution is 7.98. The highest BCUT2D eigenvalue weighted by atomic mass is 32.2. The van der Waals surface area contributed by atoms with Crippen molar-refractivity contribution in [2.75, 3.05) is 31.4 Å². The van der Waals surface area contributed by atoms with Gasteiger partial charge in [0.15, 0.2) is 23.3 Å². The average molecular weight is 417 g/mol. The Morgan fingerprint density at radius 2 is 1.83 bits per heavy atom. The van der Waals surface area contributed by atoms with Gasteiger partial charge >= 0.3 is 5.97 Å². The van der Waals surface area contributed by atoms with Crippen LogP contribution < -0.4 is 14.8 Å². The number of hydrogen-bond acceptors (Lipinski definition) is 8. The van der Waals surface area contributed by atoms with E-state index in [1.54, 1.807) is 18.2 Å². The van der Waals surface area contributed by atoms with E-state index in [-0.39, 0.29) is 13.0 Å². The van der Waals surface area contributed by atoms with Gasteiger partial charge in [0.25, 0.3) is 5.91 Å². The Morgan fingerprint density at radius 3 is 2.52 bits per heavy atom. The van der Waals surface area contributed by atoms with Crippen molar-refractivity contribution >= 4 is 29.3 Å². The molecule has 0 saturated heterocycles. The molecule has 0 aliphatic carbocycles. The maximum absolute atomic E-state index is 12.1. The Morgan fingerprint density at radius 1 is 1.14 bits per heavy atom. The van der Waals surface area contributed by atoms with Crippen LogP contribution in [0.1, 0.15) is 23.4 Å². The molecule has 0 unspecified atom stereocenters. The molecule has 0 spiro atoms. The van der Waals surface area contributed by atoms with Crippen LogP contribution in [0.25, 0.3) is 0 Å². The van der Waals surface area contributed by atoms with Gasteiger partial charge in [-0.15, -0.1) is 0 Å². The van der Waals surface area contributed by atoms with E-state index in [1.165, 1.54) is 11.8 Å². The van der Waals surface area contributed by atoms with Gasteiger partial charge in [-0.1, -0.05) is 11.8 Å². The van der Waals surface area contributed by atoms with Crippen molar-refractivity contribution in [3.8, 4) is 11.5 Å². The van der Waals surface area contributed by atoms with Gasteiger partial charge in [0.2, 0.25) is 0 Å². The third kappa shape index (κ3) is 5.60. The molecule has 8 nitrogen and oxygen atoms in total. The number of aryl methyl sites for hydroxylation is 2. The Hall–Kier alpha value is -2.81. The first-order chi connectivity index (χ1) is 14.0. The molecule has 154 valence electrons. The molecule has 1 aliphatic heterocycles. The number of nitrogens with one attached hydrogen (secondary N) is 1. The number of esters is 1. The van der Waals surface area contributed by atoms with Crippen molar-refractivity contribution in [2.24, 2.45) is 0 Å². The number of carbonyl (C=O) groups is 2. The highest BCUT2D eigenvalue weighted by Gasteiger charge is 2.15. The fourth-order valence-corrected chi connectivity index (χ4v) is 3.38. The summed E-state index contributed by atoms with van der Waals surface area (Å²) in [7, 11) is 0. The van der Waals surface area contributed by atoms with Crippen molar-refractivity contribution in [1.82, 2.24) is 9.97 Å². The Kier molecular flexibility index (Phi) is 6.92. The minimum Gasteiger partial charge on any atom is -0.486 e. The second-order valence-electron chi connectivity index (χ2n) is 6.43. The molecule has 0 radical (unpaired) electrons. The zero-order valence-electron chi connectivity index (χ0n) is 16.6. The van der Waals surface area contributed by atoms with Gasteiger partial charge in [0.1, 0.15) is 13.2 Å². The van der Waals surface area contributed by atoms with E-state index in [1.807, 2.05) is 20.1 Å². The van der Waals surface area contributed by atoms with Crippen LogP contribution in [0.4, 0.5) is 5.69 Å². The van der Waals surface area contributed by atoms with Crippen LogP contribution in [0.5, 0.6) is 11.5 Å². The van der Waals surface area contributed by atoms with Gasteiger partial charge in [-0.05, 0) is 44.2 Å². The van der Waals surface area contributed by atoms with Crippen molar-refractivity contribution in [1.29, 1.82) is 0 Å². The summed E-state index contributed by atoms with van der Waals surface area (Å²) < 4.78 is 16.0. The summed E-state index contributed by atoms with van der Waals surface area (Å²) in [6.45, 7) is 4.41. The molecule has 0 bridgehead atoms. The number of aromatic nitrogens is 2. The number of fused-ring (bicyclic) bond motifs is 1. The van der Waals surface area contributed by atoms with E-state index in [9.17, 15) is 9.59 Å². The summed E-state index contributed by atoms with van der Waals surface area (Å²) in [6.07, 6.45) is 2.54. The van der Waals surface area contributed by atoms with E-state index in [2.05, 4.69) is 15.3 Å². The summed E-state index contributed by atoms with van der Waals surface area (Å²) in [6, 6.07) is 5.11. The number of anilines is 1. The van der Waals surface area contributed by atoms with Crippen molar-refractivity contribution < 1.29 is 23.8 Å². The summed E-state index contributed by atoms with van der Waals surface area (Å²) in [5.74, 6) is 0.345. The summed E-state index contributed by atoms with van der Waals surface area (Å²) in [5.41, 5.74) is 3.19. The number of ether oxygens (including phenoxy) is 3. The number of carbonyl (C=O) groups excluding carboxylic acids is 2. The highest BCUT2D eigenvalue weighted by Crippen LogP contribution is 2.32. The maximum atomic E-state index is 12.1. The van der Waals surface area contributed by atoms with Gasteiger partial charge in [0.05, 0.1) is 0 Å². The van der Waals surface area contributed by atoms with E-state index in [0.717, 1.165) is 17.0 Å². The lowest BCUT2D eigenvalue weighted by Crippen LogP contribution is -2.21. The lowest BCUT2D eigenvalue weighted by atomic mass is 10.1. The normalized spacial score (nSPS) is 12.4. The van der Waals surface area contributed by atoms with Gasteiger partial charge < -0.3 is 19.5 Å². The lowest BCUT2D eigenvalue weighted by molar-refractivity contribution is -0.147. The molecule has 0 fully saturated rings. The number of thioether (sulfide) groups is 1. The first kappa shape index (κ1) is 20.9. The molecule has 9 heteroatoms. The molecular formula is C20H23N3O5S. The Labute approximate surface area is 173 Å². The summed E-state index contributed by atoms with van der Waals surface area (Å²) in [5, 5.41) is 3.39. The number of hydrogen-bond donors (Lipinski definition) is 1. The summed E-state index contributed by atoms with van der Waals surface area (Å²) in [4.78, 5) is 32.9. The fraction of sp³-hybridized carbons (Fsp3) is 0.400. The maximum Gasteiger partial charge on any atom is 0.306 e. The van der Waals surface area contributed by atoms with Crippen LogP contribution >= 0.6 is 11.8 Å². The van der Waals surface area contributed by atoms with Crippen LogP contribution in [0.2, 0.25) is 0 Å². The largest absolute Gasteiger partial charge is 0.486 e. The van der Waals surface area contributed by atoms with E-state index < -0.39 is 11.9 Å². The first-order valence-electron chi connectivity index (χ1n) is 9.19. The average Bonchev–Trinajstić information content (AvgIpc) is 2.71. The molecule has 1 N–H and O–H groups in total. The molecule has 1 aliphatic rings. The second-order valence-corrected chi connectivity index (χ2v) is 7.20. The smallest absolute Gasteiger partial charge is 0.306 e. The van der Waals surface area contributed by atoms with Crippen molar-refractivity contribution in [2.45, 2.75) is 31.8 Å². The number of rotatable bonds is 7.